The van der Waals surface area contributed by atoms with E-state index in [1.807, 2.05) is 13.1 Å². The van der Waals surface area contributed by atoms with Gasteiger partial charge in [-0.3, -0.25) is 9.78 Å². The molecule has 64 valence electrons. The minimum atomic E-state index is -0.299. The molecule has 2 N–H and O–H groups in total. The summed E-state index contributed by atoms with van der Waals surface area (Å²) < 4.78 is 0. The molecule has 1 aliphatic rings. The summed E-state index contributed by atoms with van der Waals surface area (Å²) in [5, 5.41) is 0. The average molecular weight is 182 g/mol. The number of carbonyl (C=O) groups excluding carboxylic acids is 1. The molecule has 4 heteroatoms. The Hall–Kier alpha value is -0.900. The number of carbonyl (C=O) groups is 1. The molecule has 1 heterocycles. The molecule has 0 radical (unpaired) electrons. The molecule has 0 aromatic carbocycles. The fourth-order valence-electron chi connectivity index (χ4n) is 1.45. The zero-order valence-corrected chi connectivity index (χ0v) is 7.60. The molecular weight excluding hydrogens is 172 g/mol. The van der Waals surface area contributed by atoms with E-state index < -0.39 is 0 Å². The second kappa shape index (κ2) is 2.29. The maximum absolute atomic E-state index is 11.0. The highest BCUT2D eigenvalue weighted by molar-refractivity contribution is 7.09. The lowest BCUT2D eigenvalue weighted by Gasteiger charge is -2.02. The van der Waals surface area contributed by atoms with Crippen LogP contribution in [-0.4, -0.2) is 10.9 Å². The van der Waals surface area contributed by atoms with Gasteiger partial charge in [0, 0.05) is 17.0 Å². The van der Waals surface area contributed by atoms with Gasteiger partial charge in [0.1, 0.15) is 0 Å². The fraction of sp³-hybridized carbons (Fsp3) is 0.500. The molecule has 0 aliphatic heterocycles. The van der Waals surface area contributed by atoms with Crippen molar-refractivity contribution < 1.29 is 4.79 Å². The molecule has 1 aromatic heterocycles. The van der Waals surface area contributed by atoms with Crippen molar-refractivity contribution in [3.05, 3.63) is 16.6 Å². The van der Waals surface area contributed by atoms with Crippen molar-refractivity contribution in [2.24, 2.45) is 11.1 Å². The van der Waals surface area contributed by atoms with E-state index in [9.17, 15) is 4.79 Å². The van der Waals surface area contributed by atoms with Crippen LogP contribution in [0.1, 0.15) is 24.1 Å². The third-order valence-corrected chi connectivity index (χ3v) is 3.48. The minimum Gasteiger partial charge on any atom is -0.369 e. The Bertz CT molecular complexity index is 309. The van der Waals surface area contributed by atoms with Crippen LogP contribution in [0.3, 0.4) is 0 Å². The van der Waals surface area contributed by atoms with Crippen LogP contribution in [-0.2, 0) is 4.79 Å². The van der Waals surface area contributed by atoms with Crippen molar-refractivity contribution in [3.63, 3.8) is 0 Å². The lowest BCUT2D eigenvalue weighted by atomic mass is 10.1. The summed E-state index contributed by atoms with van der Waals surface area (Å²) in [5.41, 5.74) is 6.76. The lowest BCUT2D eigenvalue weighted by Crippen LogP contribution is -2.23. The Morgan fingerprint density at radius 2 is 2.67 bits per heavy atom. The van der Waals surface area contributed by atoms with Crippen molar-refractivity contribution in [2.75, 3.05) is 0 Å². The number of amides is 1. The van der Waals surface area contributed by atoms with E-state index >= 15 is 0 Å². The van der Waals surface area contributed by atoms with Gasteiger partial charge in [0.2, 0.25) is 5.91 Å². The first kappa shape index (κ1) is 7.73. The monoisotopic (exact) mass is 182 g/mol. The molecule has 1 aromatic rings. The summed E-state index contributed by atoms with van der Waals surface area (Å²) in [5.74, 6) is 0.128. The summed E-state index contributed by atoms with van der Waals surface area (Å²) in [4.78, 5) is 16.1. The topological polar surface area (TPSA) is 56.0 Å². The van der Waals surface area contributed by atoms with Crippen molar-refractivity contribution in [1.82, 2.24) is 4.98 Å². The first-order chi connectivity index (χ1) is 5.64. The Balaban J connectivity index is 2.19. The fourth-order valence-corrected chi connectivity index (χ4v) is 2.32. The van der Waals surface area contributed by atoms with E-state index in [4.69, 9.17) is 5.73 Å². The molecule has 1 fully saturated rings. The van der Waals surface area contributed by atoms with Gasteiger partial charge in [0.15, 0.2) is 0 Å². The summed E-state index contributed by atoms with van der Waals surface area (Å²) >= 11 is 1.59. The third-order valence-electron chi connectivity index (χ3n) is 2.59. The largest absolute Gasteiger partial charge is 0.369 e. The summed E-state index contributed by atoms with van der Waals surface area (Å²) in [6.07, 6.45) is 2.70. The molecule has 2 unspecified atom stereocenters. The van der Waals surface area contributed by atoms with E-state index in [0.717, 1.165) is 6.42 Å². The molecule has 1 saturated carbocycles. The van der Waals surface area contributed by atoms with Crippen LogP contribution in [0.15, 0.2) is 11.7 Å². The lowest BCUT2D eigenvalue weighted by molar-refractivity contribution is -0.122. The van der Waals surface area contributed by atoms with E-state index in [1.54, 1.807) is 16.8 Å². The number of hydrogen-bond donors (Lipinski definition) is 1. The molecular formula is C8H10N2OS. The first-order valence-corrected chi connectivity index (χ1v) is 4.71. The van der Waals surface area contributed by atoms with Gasteiger partial charge < -0.3 is 5.73 Å². The van der Waals surface area contributed by atoms with Gasteiger partial charge in [-0.15, -0.1) is 11.3 Å². The number of nitrogens with two attached hydrogens (primary N) is 1. The van der Waals surface area contributed by atoms with E-state index in [0.29, 0.717) is 5.92 Å². The number of nitrogens with zero attached hydrogens (tertiary/aromatic N) is 1. The van der Waals surface area contributed by atoms with Crippen molar-refractivity contribution >= 4 is 17.2 Å². The second-order valence-corrected chi connectivity index (χ2v) is 4.36. The molecule has 1 amide bonds. The van der Waals surface area contributed by atoms with Crippen molar-refractivity contribution in [1.29, 1.82) is 0 Å². The standard InChI is InChI=1S/C8H10N2OS/c1-8(7(9)11)2-5(8)6-3-10-4-12-6/h3-5H,2H2,1H3,(H2,9,11). The first-order valence-electron chi connectivity index (χ1n) is 3.83. The van der Waals surface area contributed by atoms with Gasteiger partial charge in [-0.1, -0.05) is 6.92 Å². The van der Waals surface area contributed by atoms with Crippen molar-refractivity contribution in [2.45, 2.75) is 19.3 Å². The molecule has 0 bridgehead atoms. The van der Waals surface area contributed by atoms with Gasteiger partial charge >= 0.3 is 0 Å². The Morgan fingerprint density at radius 1 is 1.92 bits per heavy atom. The highest BCUT2D eigenvalue weighted by Gasteiger charge is 2.56. The van der Waals surface area contributed by atoms with Crippen molar-refractivity contribution in [3.8, 4) is 0 Å². The van der Waals surface area contributed by atoms with E-state index in [1.165, 1.54) is 4.88 Å². The quantitative estimate of drug-likeness (QED) is 0.745. The zero-order valence-electron chi connectivity index (χ0n) is 6.78. The average Bonchev–Trinajstić information content (AvgIpc) is 2.49. The molecule has 0 spiro atoms. The molecule has 12 heavy (non-hydrogen) atoms. The van der Waals surface area contributed by atoms with Gasteiger partial charge in [0.25, 0.3) is 0 Å². The smallest absolute Gasteiger partial charge is 0.224 e. The second-order valence-electron chi connectivity index (χ2n) is 3.44. The number of thiazole rings is 1. The maximum atomic E-state index is 11.0. The normalized spacial score (nSPS) is 33.2. The van der Waals surface area contributed by atoms with Crippen LogP contribution in [0.25, 0.3) is 0 Å². The Kier molecular flexibility index (Phi) is 1.48. The predicted octanol–water partition coefficient (Wildman–Crippen LogP) is 1.12. The highest BCUT2D eigenvalue weighted by Crippen LogP contribution is 2.59. The molecule has 1 aliphatic carbocycles. The number of primary amides is 1. The molecule has 0 saturated heterocycles. The van der Waals surface area contributed by atoms with Crippen LogP contribution < -0.4 is 5.73 Å². The Morgan fingerprint density at radius 3 is 3.08 bits per heavy atom. The maximum Gasteiger partial charge on any atom is 0.224 e. The van der Waals surface area contributed by atoms with Gasteiger partial charge in [-0.2, -0.15) is 0 Å². The van der Waals surface area contributed by atoms with Crippen LogP contribution in [0, 0.1) is 5.41 Å². The minimum absolute atomic E-state index is 0.194. The molecule has 2 atom stereocenters. The molecule has 2 rings (SSSR count). The SMILES string of the molecule is CC1(C(N)=O)CC1c1cncs1. The van der Waals surface area contributed by atoms with Crippen LogP contribution >= 0.6 is 11.3 Å². The van der Waals surface area contributed by atoms with Crippen LogP contribution in [0.4, 0.5) is 0 Å². The third kappa shape index (κ3) is 0.948. The zero-order chi connectivity index (χ0) is 8.77. The van der Waals surface area contributed by atoms with Crippen LogP contribution in [0.5, 0.6) is 0 Å². The van der Waals surface area contributed by atoms with Gasteiger partial charge in [-0.05, 0) is 6.42 Å². The number of hydrogen-bond acceptors (Lipinski definition) is 3. The predicted molar refractivity (Wildman–Crippen MR) is 46.8 cm³/mol. The number of aromatic nitrogens is 1. The summed E-state index contributed by atoms with van der Waals surface area (Å²) in [7, 11) is 0. The van der Waals surface area contributed by atoms with Gasteiger partial charge in [-0.25, -0.2) is 0 Å². The van der Waals surface area contributed by atoms with Crippen LogP contribution in [0.2, 0.25) is 0 Å². The summed E-state index contributed by atoms with van der Waals surface area (Å²) in [6.45, 7) is 1.92. The van der Waals surface area contributed by atoms with E-state index in [2.05, 4.69) is 4.98 Å². The Labute approximate surface area is 74.6 Å². The number of rotatable bonds is 2. The summed E-state index contributed by atoms with van der Waals surface area (Å²) in [6, 6.07) is 0. The highest BCUT2D eigenvalue weighted by atomic mass is 32.1. The molecule has 3 nitrogen and oxygen atoms in total. The van der Waals surface area contributed by atoms with Gasteiger partial charge in [0.05, 0.1) is 10.9 Å². The van der Waals surface area contributed by atoms with E-state index in [-0.39, 0.29) is 11.3 Å².